The molecule has 7 nitrogen and oxygen atoms in total. The van der Waals surface area contributed by atoms with Crippen LogP contribution in [0.15, 0.2) is 12.1 Å². The lowest BCUT2D eigenvalue weighted by molar-refractivity contribution is -0.128. The maximum atomic E-state index is 13.5. The second kappa shape index (κ2) is 9.34. The van der Waals surface area contributed by atoms with Crippen LogP contribution in [0.3, 0.4) is 0 Å². The topological polar surface area (TPSA) is 78.4 Å². The number of aromatic nitrogens is 2. The first-order valence-electron chi connectivity index (χ1n) is 11.2. The molecule has 1 saturated heterocycles. The van der Waals surface area contributed by atoms with Crippen molar-refractivity contribution >= 4 is 29.0 Å². The number of nitrogens with zero attached hydrogens (tertiary/aromatic N) is 4. The van der Waals surface area contributed by atoms with Crippen molar-refractivity contribution in [1.82, 2.24) is 19.8 Å². The van der Waals surface area contributed by atoms with Gasteiger partial charge in [0.25, 0.3) is 5.91 Å². The van der Waals surface area contributed by atoms with E-state index in [4.69, 9.17) is 4.98 Å². The summed E-state index contributed by atoms with van der Waals surface area (Å²) in [6.45, 7) is 2.68. The van der Waals surface area contributed by atoms with Crippen LogP contribution < -0.4 is 5.32 Å². The lowest BCUT2D eigenvalue weighted by atomic mass is 10.1. The summed E-state index contributed by atoms with van der Waals surface area (Å²) in [5.41, 5.74) is 2.14. The summed E-state index contributed by atoms with van der Waals surface area (Å²) in [6.07, 6.45) is 7.68. The van der Waals surface area contributed by atoms with E-state index in [-0.39, 0.29) is 17.9 Å². The number of aryl methyl sites for hydroxylation is 2. The van der Waals surface area contributed by atoms with Crippen molar-refractivity contribution in [2.75, 3.05) is 26.0 Å². The predicted molar refractivity (Wildman–Crippen MR) is 122 cm³/mol. The van der Waals surface area contributed by atoms with Gasteiger partial charge in [0.15, 0.2) is 5.82 Å². The van der Waals surface area contributed by atoms with Crippen molar-refractivity contribution in [2.24, 2.45) is 0 Å². The number of rotatable bonds is 5. The molecule has 2 aliphatic rings. The Bertz CT molecular complexity index is 949. The number of fused-ring (bicyclic) bond motifs is 1. The molecule has 0 aromatic carbocycles. The van der Waals surface area contributed by atoms with Crippen molar-refractivity contribution in [3.8, 4) is 0 Å². The Hall–Kier alpha value is -2.48. The van der Waals surface area contributed by atoms with E-state index >= 15 is 0 Å². The zero-order chi connectivity index (χ0) is 22.0. The van der Waals surface area contributed by atoms with E-state index in [2.05, 4.69) is 16.4 Å². The molecule has 0 bridgehead atoms. The van der Waals surface area contributed by atoms with Crippen LogP contribution in [0.5, 0.6) is 0 Å². The van der Waals surface area contributed by atoms with Gasteiger partial charge in [0.2, 0.25) is 5.91 Å². The summed E-state index contributed by atoms with van der Waals surface area (Å²) in [5.74, 6) is 1.45. The number of amides is 2. The smallest absolute Gasteiger partial charge is 0.264 e. The van der Waals surface area contributed by atoms with Crippen LogP contribution in [-0.4, -0.2) is 52.2 Å². The van der Waals surface area contributed by atoms with Gasteiger partial charge in [0, 0.05) is 38.5 Å². The normalized spacial score (nSPS) is 18.4. The second-order valence-corrected chi connectivity index (χ2v) is 9.64. The molecule has 166 valence electrons. The minimum atomic E-state index is -0.135. The molecule has 1 N–H and O–H groups in total. The highest BCUT2D eigenvalue weighted by Gasteiger charge is 2.34. The van der Waals surface area contributed by atoms with Crippen LogP contribution in [0.1, 0.15) is 76.7 Å². The molecule has 31 heavy (non-hydrogen) atoms. The zero-order valence-electron chi connectivity index (χ0n) is 18.6. The van der Waals surface area contributed by atoms with Gasteiger partial charge in [0.1, 0.15) is 5.82 Å². The summed E-state index contributed by atoms with van der Waals surface area (Å²) >= 11 is 1.67. The van der Waals surface area contributed by atoms with E-state index < -0.39 is 0 Å². The largest absolute Gasteiger partial charge is 0.373 e. The van der Waals surface area contributed by atoms with Gasteiger partial charge in [-0.05, 0) is 50.2 Å². The lowest BCUT2D eigenvalue weighted by Gasteiger charge is -2.24. The summed E-state index contributed by atoms with van der Waals surface area (Å²) < 4.78 is 0. The van der Waals surface area contributed by atoms with Crippen molar-refractivity contribution in [3.63, 3.8) is 0 Å². The molecule has 2 aromatic heterocycles. The van der Waals surface area contributed by atoms with Gasteiger partial charge in [0.05, 0.1) is 23.2 Å². The molecule has 4 rings (SSSR count). The number of carbonyl (C=O) groups is 2. The van der Waals surface area contributed by atoms with Crippen LogP contribution >= 0.6 is 11.3 Å². The fraction of sp³-hybridized carbons (Fsp3) is 0.565. The summed E-state index contributed by atoms with van der Waals surface area (Å²) in [7, 11) is 3.58. The molecule has 0 spiro atoms. The minimum absolute atomic E-state index is 0.0127. The molecule has 0 saturated carbocycles. The van der Waals surface area contributed by atoms with E-state index in [1.54, 1.807) is 30.2 Å². The first-order chi connectivity index (χ1) is 15.0. The maximum Gasteiger partial charge on any atom is 0.264 e. The second-order valence-electron chi connectivity index (χ2n) is 8.50. The third kappa shape index (κ3) is 4.74. The molecule has 1 aliphatic heterocycles. The molecular weight excluding hydrogens is 410 g/mol. The van der Waals surface area contributed by atoms with Crippen molar-refractivity contribution < 1.29 is 9.59 Å². The Balaban J connectivity index is 1.59. The summed E-state index contributed by atoms with van der Waals surface area (Å²) in [6, 6.07) is 3.85. The Labute approximate surface area is 187 Å². The predicted octanol–water partition coefficient (Wildman–Crippen LogP) is 3.80. The fourth-order valence-corrected chi connectivity index (χ4v) is 5.63. The van der Waals surface area contributed by atoms with Gasteiger partial charge in [-0.2, -0.15) is 0 Å². The van der Waals surface area contributed by atoms with Gasteiger partial charge in [-0.25, -0.2) is 9.97 Å². The average molecular weight is 442 g/mol. The van der Waals surface area contributed by atoms with Gasteiger partial charge in [-0.3, -0.25) is 9.59 Å². The Morgan fingerprint density at radius 3 is 2.77 bits per heavy atom. The van der Waals surface area contributed by atoms with Crippen LogP contribution in [0.2, 0.25) is 0 Å². The Morgan fingerprint density at radius 1 is 1.19 bits per heavy atom. The van der Waals surface area contributed by atoms with Crippen LogP contribution in [0.25, 0.3) is 0 Å². The molecule has 1 unspecified atom stereocenters. The van der Waals surface area contributed by atoms with Crippen molar-refractivity contribution in [1.29, 1.82) is 0 Å². The van der Waals surface area contributed by atoms with Crippen molar-refractivity contribution in [3.05, 3.63) is 39.0 Å². The third-order valence-electron chi connectivity index (χ3n) is 6.26. The Morgan fingerprint density at radius 2 is 2.00 bits per heavy atom. The minimum Gasteiger partial charge on any atom is -0.373 e. The molecule has 3 heterocycles. The highest BCUT2D eigenvalue weighted by Crippen LogP contribution is 2.35. The van der Waals surface area contributed by atoms with E-state index in [1.807, 2.05) is 18.0 Å². The number of anilines is 1. The summed E-state index contributed by atoms with van der Waals surface area (Å²) in [4.78, 5) is 40.3. The monoisotopic (exact) mass is 441 g/mol. The fourth-order valence-electron chi connectivity index (χ4n) is 4.42. The highest BCUT2D eigenvalue weighted by atomic mass is 32.1. The van der Waals surface area contributed by atoms with Gasteiger partial charge in [-0.1, -0.05) is 6.42 Å². The molecule has 1 fully saturated rings. The molecular formula is C23H31N5O2S. The van der Waals surface area contributed by atoms with Gasteiger partial charge >= 0.3 is 0 Å². The molecule has 1 atom stereocenters. The zero-order valence-corrected chi connectivity index (χ0v) is 19.4. The quantitative estimate of drug-likeness (QED) is 0.714. The number of hydrogen-bond acceptors (Lipinski definition) is 6. The Kier molecular flexibility index (Phi) is 6.55. The van der Waals surface area contributed by atoms with E-state index in [1.165, 1.54) is 29.7 Å². The van der Waals surface area contributed by atoms with Crippen LogP contribution in [-0.2, 0) is 24.2 Å². The lowest BCUT2D eigenvalue weighted by Crippen LogP contribution is -2.31. The number of thiophene rings is 1. The van der Waals surface area contributed by atoms with Crippen LogP contribution in [0.4, 0.5) is 5.82 Å². The first-order valence-corrected chi connectivity index (χ1v) is 12.0. The number of hydrogen-bond donors (Lipinski definition) is 1. The van der Waals surface area contributed by atoms with Gasteiger partial charge in [-0.15, -0.1) is 11.3 Å². The molecule has 0 radical (unpaired) electrons. The van der Waals surface area contributed by atoms with E-state index in [0.717, 1.165) is 42.8 Å². The van der Waals surface area contributed by atoms with Crippen LogP contribution in [0, 0.1) is 0 Å². The first kappa shape index (κ1) is 21.7. The molecule has 1 aliphatic carbocycles. The third-order valence-corrected chi connectivity index (χ3v) is 7.48. The van der Waals surface area contributed by atoms with Crippen molar-refractivity contribution in [2.45, 2.75) is 64.5 Å². The molecule has 8 heteroatoms. The number of nitrogens with one attached hydrogen (secondary N) is 1. The highest BCUT2D eigenvalue weighted by molar-refractivity contribution is 7.14. The summed E-state index contributed by atoms with van der Waals surface area (Å²) in [5, 5.41) is 3.09. The molecule has 2 aromatic rings. The number of carbonyl (C=O) groups excluding carboxylic acids is 2. The van der Waals surface area contributed by atoms with E-state index in [0.29, 0.717) is 18.2 Å². The molecule has 2 amide bonds. The maximum absolute atomic E-state index is 13.5. The van der Waals surface area contributed by atoms with E-state index in [9.17, 15) is 9.59 Å². The average Bonchev–Trinajstić information content (AvgIpc) is 3.35. The SMILES string of the molecule is CNc1cc(CN(C)C(C)=O)nc(C2CCCN2C(=O)c2cc3c(s2)CCCCC3)n1. The number of likely N-dealkylation sites (tertiary alicyclic amines) is 1. The van der Waals surface area contributed by atoms with Gasteiger partial charge < -0.3 is 15.1 Å². The standard InChI is InChI=1S/C23H31N5O2S/c1-15(29)27(3)14-17-13-21(24-2)26-22(25-17)18-9-7-11-28(18)23(30)20-12-16-8-5-4-6-10-19(16)31-20/h12-13,18H,4-11,14H2,1-3H3,(H,24,25,26).